The van der Waals surface area contributed by atoms with Gasteiger partial charge in [-0.05, 0) is 11.1 Å². The highest BCUT2D eigenvalue weighted by Crippen LogP contribution is 2.35. The second-order valence-corrected chi connectivity index (χ2v) is 4.76. The van der Waals surface area contributed by atoms with Crippen LogP contribution in [0.1, 0.15) is 11.1 Å². The molecular weight excluding hydrogens is 267 g/mol. The van der Waals surface area contributed by atoms with Gasteiger partial charge >= 0.3 is 13.6 Å². The van der Waals surface area contributed by atoms with Crippen LogP contribution in [0.15, 0.2) is 49.3 Å². The van der Waals surface area contributed by atoms with E-state index >= 15 is 0 Å². The summed E-state index contributed by atoms with van der Waals surface area (Å²) in [7, 11) is -4.28. The van der Waals surface area contributed by atoms with Crippen LogP contribution in [-0.4, -0.2) is 20.9 Å². The Morgan fingerprint density at radius 1 is 1.11 bits per heavy atom. The fourth-order valence-electron chi connectivity index (χ4n) is 1.04. The Morgan fingerprint density at radius 3 is 1.74 bits per heavy atom. The lowest BCUT2D eigenvalue weighted by atomic mass is 10.1. The highest BCUT2D eigenvalue weighted by Gasteiger charge is 2.05. The van der Waals surface area contributed by atoms with Crippen LogP contribution in [0.25, 0.3) is 12.2 Å². The van der Waals surface area contributed by atoms with Crippen molar-refractivity contribution in [3.05, 3.63) is 60.4 Å². The second-order valence-electron chi connectivity index (χ2n) is 3.28. The number of carboxylic acids is 1. The molecule has 0 bridgehead atoms. The number of hydrogen-bond acceptors (Lipinski definition) is 2. The Kier molecular flexibility index (Phi) is 7.37. The summed E-state index contributed by atoms with van der Waals surface area (Å²) in [6.07, 6.45) is 4.06. The molecule has 0 aliphatic heterocycles. The van der Waals surface area contributed by atoms with Crippen molar-refractivity contribution in [1.82, 2.24) is 0 Å². The van der Waals surface area contributed by atoms with Crippen LogP contribution in [-0.2, 0) is 9.36 Å². The van der Waals surface area contributed by atoms with E-state index in [0.717, 1.165) is 11.1 Å². The van der Waals surface area contributed by atoms with Crippen LogP contribution >= 0.6 is 7.60 Å². The first-order valence-electron chi connectivity index (χ1n) is 5.11. The molecule has 0 saturated heterocycles. The molecule has 6 heteroatoms. The Morgan fingerprint density at radius 2 is 1.53 bits per heavy atom. The minimum atomic E-state index is -4.28. The van der Waals surface area contributed by atoms with E-state index < -0.39 is 13.6 Å². The molecule has 3 N–H and O–H groups in total. The van der Waals surface area contributed by atoms with E-state index in [1.807, 2.05) is 36.4 Å². The predicted molar refractivity (Wildman–Crippen MR) is 75.4 cm³/mol. The molecule has 0 amide bonds. The lowest BCUT2D eigenvalue weighted by molar-refractivity contribution is -0.131. The van der Waals surface area contributed by atoms with E-state index in [1.54, 1.807) is 0 Å². The number of rotatable bonds is 4. The lowest BCUT2D eigenvalue weighted by Gasteiger charge is -1.96. The smallest absolute Gasteiger partial charge is 0.349 e. The highest BCUT2D eigenvalue weighted by molar-refractivity contribution is 7.55. The summed E-state index contributed by atoms with van der Waals surface area (Å²) < 4.78 is 9.88. The van der Waals surface area contributed by atoms with Gasteiger partial charge in [-0.2, -0.15) is 0 Å². The van der Waals surface area contributed by atoms with Gasteiger partial charge in [-0.25, -0.2) is 4.79 Å². The zero-order valence-electron chi connectivity index (χ0n) is 10.1. The van der Waals surface area contributed by atoms with Crippen molar-refractivity contribution in [2.75, 3.05) is 0 Å². The second kappa shape index (κ2) is 8.21. The molecule has 0 aromatic heterocycles. The van der Waals surface area contributed by atoms with Crippen LogP contribution in [0, 0.1) is 0 Å². The van der Waals surface area contributed by atoms with Gasteiger partial charge in [-0.15, -0.1) is 0 Å². The average molecular weight is 282 g/mol. The molecule has 0 aliphatic rings. The van der Waals surface area contributed by atoms with Gasteiger partial charge in [0.1, 0.15) is 0 Å². The third-order valence-corrected chi connectivity index (χ3v) is 2.38. The largest absolute Gasteiger partial charge is 0.478 e. The van der Waals surface area contributed by atoms with Gasteiger partial charge in [0.2, 0.25) is 0 Å². The molecule has 0 spiro atoms. The van der Waals surface area contributed by atoms with E-state index in [0.29, 0.717) is 11.9 Å². The first kappa shape index (κ1) is 17.1. The monoisotopic (exact) mass is 282 g/mol. The molecular formula is C13H15O5P. The molecule has 0 atom stereocenters. The van der Waals surface area contributed by atoms with Crippen molar-refractivity contribution in [2.45, 2.75) is 0 Å². The maximum atomic E-state index is 9.88. The summed E-state index contributed by atoms with van der Waals surface area (Å²) in [6, 6.07) is 8.02. The van der Waals surface area contributed by atoms with Crippen LogP contribution in [0.5, 0.6) is 0 Å². The van der Waals surface area contributed by atoms with Crippen LogP contribution in [0.2, 0.25) is 0 Å². The van der Waals surface area contributed by atoms with E-state index in [-0.39, 0.29) is 0 Å². The Bertz CT molecular complexity index is 501. The topological polar surface area (TPSA) is 94.8 Å². The van der Waals surface area contributed by atoms with Gasteiger partial charge in [0.15, 0.2) is 0 Å². The molecule has 19 heavy (non-hydrogen) atoms. The zero-order chi connectivity index (χ0) is 14.9. The van der Waals surface area contributed by atoms with Crippen molar-refractivity contribution in [3.8, 4) is 0 Å². The van der Waals surface area contributed by atoms with Crippen molar-refractivity contribution in [1.29, 1.82) is 0 Å². The highest BCUT2D eigenvalue weighted by atomic mass is 31.2. The van der Waals surface area contributed by atoms with E-state index in [1.165, 1.54) is 0 Å². The summed E-state index contributed by atoms with van der Waals surface area (Å²) >= 11 is 0. The maximum Gasteiger partial charge on any atom is 0.349 e. The van der Waals surface area contributed by atoms with Gasteiger partial charge < -0.3 is 14.9 Å². The van der Waals surface area contributed by atoms with Crippen LogP contribution in [0.4, 0.5) is 0 Å². The average Bonchev–Trinajstić information content (AvgIpc) is 2.36. The van der Waals surface area contributed by atoms with Crippen molar-refractivity contribution in [3.63, 3.8) is 0 Å². The number of carbonyl (C=O) groups is 1. The van der Waals surface area contributed by atoms with Gasteiger partial charge in [-0.1, -0.05) is 49.6 Å². The molecule has 1 rings (SSSR count). The SMILES string of the molecule is C=Cc1ccccc1C=C.O=C(O)/C=C/P(=O)(O)O. The molecule has 1 aromatic carbocycles. The van der Waals surface area contributed by atoms with E-state index in [9.17, 15) is 9.36 Å². The molecule has 0 heterocycles. The Hall–Kier alpha value is -1.94. The van der Waals surface area contributed by atoms with Crippen LogP contribution in [0.3, 0.4) is 0 Å². The third kappa shape index (κ3) is 8.74. The zero-order valence-corrected chi connectivity index (χ0v) is 11.0. The molecule has 1 aromatic rings. The van der Waals surface area contributed by atoms with Crippen molar-refractivity contribution in [2.24, 2.45) is 0 Å². The van der Waals surface area contributed by atoms with Gasteiger partial charge in [-0.3, -0.25) is 4.57 Å². The standard InChI is InChI=1S/C10H10.C3H5O5P/c1-3-9-7-5-6-8-10(9)4-2;4-3(5)1-2-9(6,7)8/h3-8H,1-2H2;1-2H,(H,4,5)(H2,6,7,8)/b;2-1+. The summed E-state index contributed by atoms with van der Waals surface area (Å²) in [6.45, 7) is 7.38. The quantitative estimate of drug-likeness (QED) is 0.583. The first-order chi connectivity index (χ1) is 8.80. The summed E-state index contributed by atoms with van der Waals surface area (Å²) in [4.78, 5) is 25.7. The Labute approximate surface area is 111 Å². The van der Waals surface area contributed by atoms with Crippen molar-refractivity contribution < 1.29 is 24.3 Å². The van der Waals surface area contributed by atoms with E-state index in [4.69, 9.17) is 14.9 Å². The molecule has 5 nitrogen and oxygen atoms in total. The van der Waals surface area contributed by atoms with Gasteiger partial charge in [0, 0.05) is 11.9 Å². The van der Waals surface area contributed by atoms with E-state index in [2.05, 4.69) is 13.2 Å². The number of carboxylic acid groups (broad SMARTS) is 1. The molecule has 0 unspecified atom stereocenters. The molecule has 0 saturated carbocycles. The summed E-state index contributed by atoms with van der Waals surface area (Å²) in [5.41, 5.74) is 2.27. The fourth-order valence-corrected chi connectivity index (χ4v) is 1.37. The number of benzene rings is 1. The molecule has 0 fully saturated rings. The predicted octanol–water partition coefficient (Wildman–Crippen LogP) is 2.74. The normalized spacial score (nSPS) is 10.4. The minimum absolute atomic E-state index is 0.329. The fraction of sp³-hybridized carbons (Fsp3) is 0. The van der Waals surface area contributed by atoms with Gasteiger partial charge in [0.25, 0.3) is 0 Å². The maximum absolute atomic E-state index is 9.88. The molecule has 102 valence electrons. The summed E-state index contributed by atoms with van der Waals surface area (Å²) in [5, 5.41) is 7.85. The van der Waals surface area contributed by atoms with Gasteiger partial charge in [0.05, 0.1) is 0 Å². The first-order valence-corrected chi connectivity index (χ1v) is 6.79. The third-order valence-electron chi connectivity index (χ3n) is 1.85. The minimum Gasteiger partial charge on any atom is -0.478 e. The molecule has 0 aliphatic carbocycles. The number of aliphatic carboxylic acids is 1. The van der Waals surface area contributed by atoms with Crippen LogP contribution < -0.4 is 0 Å². The van der Waals surface area contributed by atoms with Crippen molar-refractivity contribution >= 4 is 25.7 Å². The summed E-state index contributed by atoms with van der Waals surface area (Å²) in [5.74, 6) is -1.05. The molecule has 0 radical (unpaired) electrons. The lowest BCUT2D eigenvalue weighted by Crippen LogP contribution is -1.85. The Balaban J connectivity index is 0.000000344. The number of hydrogen-bond donors (Lipinski definition) is 3.